The van der Waals surface area contributed by atoms with Gasteiger partial charge >= 0.3 is 5.97 Å². The second kappa shape index (κ2) is 7.00. The van der Waals surface area contributed by atoms with Crippen LogP contribution in [0.2, 0.25) is 0 Å². The number of nitrogens with zero attached hydrogens (tertiary/aromatic N) is 3. The van der Waals surface area contributed by atoms with Crippen molar-refractivity contribution in [3.8, 4) is 0 Å². The van der Waals surface area contributed by atoms with Crippen molar-refractivity contribution in [1.29, 1.82) is 0 Å². The number of carboxylic acid groups (broad SMARTS) is 1. The van der Waals surface area contributed by atoms with Crippen LogP contribution in [-0.4, -0.2) is 58.1 Å². The second-order valence-corrected chi connectivity index (χ2v) is 6.27. The van der Waals surface area contributed by atoms with Crippen molar-refractivity contribution in [2.24, 2.45) is 5.92 Å². The molecule has 0 amide bonds. The lowest BCUT2D eigenvalue weighted by Gasteiger charge is -2.43. The molecule has 1 aromatic rings. The topological polar surface area (TPSA) is 56.7 Å². The number of aliphatic carboxylic acids is 1. The summed E-state index contributed by atoms with van der Waals surface area (Å²) in [5.41, 5.74) is 0.758. The minimum Gasteiger partial charge on any atom is -0.480 e. The lowest BCUT2D eigenvalue weighted by molar-refractivity contribution is -0.145. The molecule has 21 heavy (non-hydrogen) atoms. The smallest absolute Gasteiger partial charge is 0.325 e. The van der Waals surface area contributed by atoms with Gasteiger partial charge in [0.2, 0.25) is 0 Å². The first-order chi connectivity index (χ1) is 9.99. The average Bonchev–Trinajstić information content (AvgIpc) is 2.42. The molecule has 1 fully saturated rings. The number of hydrogen-bond donors (Lipinski definition) is 1. The van der Waals surface area contributed by atoms with Gasteiger partial charge in [-0.05, 0) is 24.5 Å². The monoisotopic (exact) mass is 291 g/mol. The normalized spacial score (nSPS) is 22.4. The molecule has 5 heteroatoms. The fourth-order valence-corrected chi connectivity index (χ4v) is 3.13. The van der Waals surface area contributed by atoms with Crippen LogP contribution in [0, 0.1) is 5.92 Å². The van der Waals surface area contributed by atoms with Crippen LogP contribution in [0.3, 0.4) is 0 Å². The molecule has 0 radical (unpaired) electrons. The highest BCUT2D eigenvalue weighted by atomic mass is 16.4. The Kier molecular flexibility index (Phi) is 5.31. The standard InChI is InChI=1S/C16H25N3O2/c1-12(2)10-18-7-8-19(13(3)11-18)15(16(20)21)14-5-4-6-17-9-14/h4-6,9,12-13,15H,7-8,10-11H2,1-3H3,(H,20,21). The van der Waals surface area contributed by atoms with Crippen molar-refractivity contribution in [2.75, 3.05) is 26.2 Å². The maximum Gasteiger partial charge on any atom is 0.325 e. The Labute approximate surface area is 126 Å². The quantitative estimate of drug-likeness (QED) is 0.897. The van der Waals surface area contributed by atoms with E-state index in [4.69, 9.17) is 0 Å². The van der Waals surface area contributed by atoms with E-state index in [2.05, 4.69) is 35.6 Å². The second-order valence-electron chi connectivity index (χ2n) is 6.27. The molecule has 1 aliphatic rings. The first-order valence-electron chi connectivity index (χ1n) is 7.60. The van der Waals surface area contributed by atoms with Crippen molar-refractivity contribution >= 4 is 5.97 Å². The summed E-state index contributed by atoms with van der Waals surface area (Å²) in [6.45, 7) is 10.2. The van der Waals surface area contributed by atoms with E-state index in [0.717, 1.165) is 31.7 Å². The SMILES string of the molecule is CC(C)CN1CCN(C(C(=O)O)c2cccnc2)C(C)C1. The van der Waals surface area contributed by atoms with Gasteiger partial charge in [-0.2, -0.15) is 0 Å². The molecule has 0 aliphatic carbocycles. The van der Waals surface area contributed by atoms with Crippen LogP contribution in [0.4, 0.5) is 0 Å². The fraction of sp³-hybridized carbons (Fsp3) is 0.625. The summed E-state index contributed by atoms with van der Waals surface area (Å²) < 4.78 is 0. The summed E-state index contributed by atoms with van der Waals surface area (Å²) in [4.78, 5) is 20.3. The molecule has 0 aromatic carbocycles. The number of rotatable bonds is 5. The van der Waals surface area contributed by atoms with Gasteiger partial charge in [-0.3, -0.25) is 14.7 Å². The van der Waals surface area contributed by atoms with Crippen molar-refractivity contribution in [2.45, 2.75) is 32.9 Å². The highest BCUT2D eigenvalue weighted by Crippen LogP contribution is 2.25. The van der Waals surface area contributed by atoms with Crippen LogP contribution < -0.4 is 0 Å². The van der Waals surface area contributed by atoms with E-state index in [-0.39, 0.29) is 6.04 Å². The molecular formula is C16H25N3O2. The third-order valence-electron chi connectivity index (χ3n) is 3.95. The van der Waals surface area contributed by atoms with Gasteiger partial charge in [-0.25, -0.2) is 0 Å². The van der Waals surface area contributed by atoms with E-state index in [1.807, 2.05) is 6.07 Å². The Morgan fingerprint density at radius 3 is 2.76 bits per heavy atom. The predicted molar refractivity (Wildman–Crippen MR) is 82.1 cm³/mol. The van der Waals surface area contributed by atoms with Crippen molar-refractivity contribution in [3.05, 3.63) is 30.1 Å². The van der Waals surface area contributed by atoms with Gasteiger partial charge in [0, 0.05) is 44.6 Å². The molecule has 2 unspecified atom stereocenters. The number of pyridine rings is 1. The molecule has 0 bridgehead atoms. The Bertz CT molecular complexity index is 464. The number of carbonyl (C=O) groups is 1. The molecule has 2 heterocycles. The summed E-state index contributed by atoms with van der Waals surface area (Å²) in [5.74, 6) is -0.162. The van der Waals surface area contributed by atoms with Crippen LogP contribution in [0.25, 0.3) is 0 Å². The molecule has 1 aromatic heterocycles. The van der Waals surface area contributed by atoms with Gasteiger partial charge in [-0.1, -0.05) is 19.9 Å². The zero-order valence-electron chi connectivity index (χ0n) is 13.1. The highest BCUT2D eigenvalue weighted by Gasteiger charge is 2.34. The summed E-state index contributed by atoms with van der Waals surface area (Å²) in [5, 5.41) is 9.62. The van der Waals surface area contributed by atoms with Gasteiger partial charge in [0.05, 0.1) is 0 Å². The van der Waals surface area contributed by atoms with Crippen LogP contribution in [-0.2, 0) is 4.79 Å². The average molecular weight is 291 g/mol. The summed E-state index contributed by atoms with van der Waals surface area (Å²) in [6, 6.07) is 3.26. The molecule has 1 saturated heterocycles. The molecular weight excluding hydrogens is 266 g/mol. The summed E-state index contributed by atoms with van der Waals surface area (Å²) in [6.07, 6.45) is 3.33. The molecule has 116 valence electrons. The van der Waals surface area contributed by atoms with Gasteiger partial charge in [0.25, 0.3) is 0 Å². The third-order valence-corrected chi connectivity index (χ3v) is 3.95. The highest BCUT2D eigenvalue weighted by molar-refractivity contribution is 5.75. The first kappa shape index (κ1) is 15.9. The predicted octanol–water partition coefficient (Wildman–Crippen LogP) is 1.87. The minimum atomic E-state index is -0.799. The maximum absolute atomic E-state index is 11.7. The number of hydrogen-bond acceptors (Lipinski definition) is 4. The van der Waals surface area contributed by atoms with E-state index in [0.29, 0.717) is 5.92 Å². The van der Waals surface area contributed by atoms with Crippen LogP contribution >= 0.6 is 0 Å². The van der Waals surface area contributed by atoms with E-state index in [9.17, 15) is 9.90 Å². The lowest BCUT2D eigenvalue weighted by Crippen LogP contribution is -2.54. The molecule has 5 nitrogen and oxygen atoms in total. The Hall–Kier alpha value is -1.46. The van der Waals surface area contributed by atoms with E-state index >= 15 is 0 Å². The first-order valence-corrected chi connectivity index (χ1v) is 7.60. The minimum absolute atomic E-state index is 0.221. The molecule has 0 saturated carbocycles. The number of piperazine rings is 1. The zero-order chi connectivity index (χ0) is 15.4. The van der Waals surface area contributed by atoms with E-state index in [1.165, 1.54) is 0 Å². The van der Waals surface area contributed by atoms with Crippen molar-refractivity contribution in [3.63, 3.8) is 0 Å². The molecule has 2 rings (SSSR count). The zero-order valence-corrected chi connectivity index (χ0v) is 13.1. The Morgan fingerprint density at radius 2 is 2.24 bits per heavy atom. The van der Waals surface area contributed by atoms with Crippen LogP contribution in [0.15, 0.2) is 24.5 Å². The lowest BCUT2D eigenvalue weighted by atomic mass is 10.0. The molecule has 1 aliphatic heterocycles. The van der Waals surface area contributed by atoms with Gasteiger partial charge < -0.3 is 10.0 Å². The Balaban J connectivity index is 2.11. The third kappa shape index (κ3) is 4.02. The van der Waals surface area contributed by atoms with Gasteiger partial charge in [0.15, 0.2) is 0 Å². The molecule has 0 spiro atoms. The van der Waals surface area contributed by atoms with E-state index < -0.39 is 12.0 Å². The molecule has 1 N–H and O–H groups in total. The van der Waals surface area contributed by atoms with Crippen LogP contribution in [0.5, 0.6) is 0 Å². The number of carboxylic acids is 1. The van der Waals surface area contributed by atoms with Gasteiger partial charge in [-0.15, -0.1) is 0 Å². The van der Waals surface area contributed by atoms with Crippen molar-refractivity contribution < 1.29 is 9.90 Å². The van der Waals surface area contributed by atoms with Crippen LogP contribution in [0.1, 0.15) is 32.4 Å². The molecule has 2 atom stereocenters. The van der Waals surface area contributed by atoms with Gasteiger partial charge in [0.1, 0.15) is 6.04 Å². The van der Waals surface area contributed by atoms with Crippen molar-refractivity contribution in [1.82, 2.24) is 14.8 Å². The van der Waals surface area contributed by atoms with E-state index in [1.54, 1.807) is 18.5 Å². The summed E-state index contributed by atoms with van der Waals surface area (Å²) >= 11 is 0. The number of aromatic nitrogens is 1. The largest absolute Gasteiger partial charge is 0.480 e. The maximum atomic E-state index is 11.7. The Morgan fingerprint density at radius 1 is 1.48 bits per heavy atom. The summed E-state index contributed by atoms with van der Waals surface area (Å²) in [7, 11) is 0. The fourth-order valence-electron chi connectivity index (χ4n) is 3.13.